The Hall–Kier alpha value is -2.03. The number of nitrogens with two attached hydrogens (primary N) is 1. The molecule has 8 heteroatoms. The first kappa shape index (κ1) is 31.0. The second kappa shape index (κ2) is 17.4. The maximum atomic E-state index is 12.3. The predicted molar refractivity (Wildman–Crippen MR) is 141 cm³/mol. The minimum absolute atomic E-state index is 0.144. The summed E-state index contributed by atoms with van der Waals surface area (Å²) in [5.74, 6) is 2.07. The maximum absolute atomic E-state index is 12.3. The van der Waals surface area contributed by atoms with Crippen molar-refractivity contribution in [3.8, 4) is 11.5 Å². The first-order chi connectivity index (χ1) is 16.7. The molecule has 0 aliphatic heterocycles. The maximum Gasteiger partial charge on any atom is 0.317 e. The number of urea groups is 1. The average molecular weight is 496 g/mol. The number of nitrogens with zero attached hydrogens (tertiary/aromatic N) is 1. The Bertz CT molecular complexity index is 716. The van der Waals surface area contributed by atoms with Gasteiger partial charge < -0.3 is 35.3 Å². The van der Waals surface area contributed by atoms with Crippen molar-refractivity contribution >= 4 is 6.03 Å². The van der Waals surface area contributed by atoms with Gasteiger partial charge in [0.2, 0.25) is 0 Å². The molecular formula is C27H49N3O5. The van der Waals surface area contributed by atoms with E-state index in [9.17, 15) is 9.90 Å². The summed E-state index contributed by atoms with van der Waals surface area (Å²) < 4.78 is 16.5. The minimum atomic E-state index is -0.806. The highest BCUT2D eigenvalue weighted by Gasteiger charge is 2.24. The van der Waals surface area contributed by atoms with Crippen LogP contribution in [0.3, 0.4) is 0 Å². The molecule has 2 amide bonds. The lowest BCUT2D eigenvalue weighted by Gasteiger charge is -2.28. The van der Waals surface area contributed by atoms with Crippen LogP contribution in [0.1, 0.15) is 58.4 Å². The van der Waals surface area contributed by atoms with Gasteiger partial charge in [-0.1, -0.05) is 39.7 Å². The molecule has 35 heavy (non-hydrogen) atoms. The number of hydrogen-bond acceptors (Lipinski definition) is 6. The van der Waals surface area contributed by atoms with Crippen molar-refractivity contribution in [1.82, 2.24) is 10.2 Å². The third-order valence-corrected chi connectivity index (χ3v) is 6.39. The molecule has 202 valence electrons. The standard InChI is InChI=1S/C27H49N3O5/c1-7-8-9-13-30(4)27(32)29-19-24(31)23(28)18-22(20(2)3)16-21-11-12-25(34-6)26(17-21)35-15-10-14-33-5/h11-12,17,20,22-24,31H,7-10,13-16,18-19,28H2,1-6H3,(H,29,32)/t22-,23-,24-/m0/s1. The van der Waals surface area contributed by atoms with E-state index in [2.05, 4.69) is 26.1 Å². The highest BCUT2D eigenvalue weighted by atomic mass is 16.5. The van der Waals surface area contributed by atoms with E-state index in [4.69, 9.17) is 19.9 Å². The van der Waals surface area contributed by atoms with E-state index in [0.717, 1.165) is 43.4 Å². The van der Waals surface area contributed by atoms with Crippen LogP contribution < -0.4 is 20.5 Å². The van der Waals surface area contributed by atoms with Crippen molar-refractivity contribution < 1.29 is 24.1 Å². The fraction of sp³-hybridized carbons (Fsp3) is 0.741. The van der Waals surface area contributed by atoms with Crippen LogP contribution >= 0.6 is 0 Å². The summed E-state index contributed by atoms with van der Waals surface area (Å²) in [6.45, 7) is 8.52. The van der Waals surface area contributed by atoms with Gasteiger partial charge in [-0.3, -0.25) is 0 Å². The second-order valence-corrected chi connectivity index (χ2v) is 9.67. The van der Waals surface area contributed by atoms with E-state index in [0.29, 0.717) is 37.8 Å². The first-order valence-corrected chi connectivity index (χ1v) is 12.9. The third kappa shape index (κ3) is 12.0. The predicted octanol–water partition coefficient (Wildman–Crippen LogP) is 3.84. The highest BCUT2D eigenvalue weighted by molar-refractivity contribution is 5.73. The van der Waals surface area contributed by atoms with Gasteiger partial charge in [-0.2, -0.15) is 0 Å². The summed E-state index contributed by atoms with van der Waals surface area (Å²) in [6.07, 6.45) is 4.64. The Morgan fingerprint density at radius 2 is 1.89 bits per heavy atom. The number of carbonyl (C=O) groups is 1. The molecule has 0 aliphatic carbocycles. The fourth-order valence-electron chi connectivity index (χ4n) is 3.93. The van der Waals surface area contributed by atoms with Crippen LogP contribution in [-0.4, -0.2) is 75.8 Å². The minimum Gasteiger partial charge on any atom is -0.493 e. The number of unbranched alkanes of at least 4 members (excludes halogenated alkanes) is 2. The summed E-state index contributed by atoms with van der Waals surface area (Å²) in [5.41, 5.74) is 7.50. The van der Waals surface area contributed by atoms with Crippen LogP contribution in [-0.2, 0) is 11.2 Å². The largest absolute Gasteiger partial charge is 0.493 e. The summed E-state index contributed by atoms with van der Waals surface area (Å²) in [6, 6.07) is 5.39. The Kier molecular flexibility index (Phi) is 15.4. The molecule has 8 nitrogen and oxygen atoms in total. The number of carbonyl (C=O) groups excluding carboxylic acids is 1. The van der Waals surface area contributed by atoms with Crippen LogP contribution in [0.5, 0.6) is 11.5 Å². The van der Waals surface area contributed by atoms with Crippen molar-refractivity contribution in [3.63, 3.8) is 0 Å². The van der Waals surface area contributed by atoms with Crippen molar-refractivity contribution in [3.05, 3.63) is 23.8 Å². The number of aliphatic hydroxyl groups excluding tert-OH is 1. The van der Waals surface area contributed by atoms with Crippen LogP contribution in [0.4, 0.5) is 4.79 Å². The Balaban J connectivity index is 2.67. The molecule has 0 unspecified atom stereocenters. The highest BCUT2D eigenvalue weighted by Crippen LogP contribution is 2.31. The number of aliphatic hydroxyl groups is 1. The number of ether oxygens (including phenoxy) is 3. The van der Waals surface area contributed by atoms with E-state index in [1.54, 1.807) is 26.2 Å². The summed E-state index contributed by atoms with van der Waals surface area (Å²) in [5, 5.41) is 13.4. The van der Waals surface area contributed by atoms with Crippen molar-refractivity contribution in [2.75, 3.05) is 47.6 Å². The fourth-order valence-corrected chi connectivity index (χ4v) is 3.93. The van der Waals surface area contributed by atoms with Gasteiger partial charge in [0.25, 0.3) is 0 Å². The molecule has 4 N–H and O–H groups in total. The third-order valence-electron chi connectivity index (χ3n) is 6.39. The lowest BCUT2D eigenvalue weighted by atomic mass is 9.83. The molecule has 3 atom stereocenters. The van der Waals surface area contributed by atoms with Crippen molar-refractivity contribution in [2.24, 2.45) is 17.6 Å². The number of nitrogens with one attached hydrogen (secondary N) is 1. The van der Waals surface area contributed by atoms with Gasteiger partial charge in [-0.25, -0.2) is 4.79 Å². The molecular weight excluding hydrogens is 446 g/mol. The Morgan fingerprint density at radius 3 is 2.51 bits per heavy atom. The summed E-state index contributed by atoms with van der Waals surface area (Å²) >= 11 is 0. The van der Waals surface area contributed by atoms with Gasteiger partial charge in [-0.05, 0) is 48.8 Å². The van der Waals surface area contributed by atoms with Crippen molar-refractivity contribution in [2.45, 2.75) is 71.4 Å². The van der Waals surface area contributed by atoms with E-state index >= 15 is 0 Å². The lowest BCUT2D eigenvalue weighted by molar-refractivity contribution is 0.122. The Labute approximate surface area is 212 Å². The Morgan fingerprint density at radius 1 is 1.14 bits per heavy atom. The molecule has 1 aromatic carbocycles. The smallest absolute Gasteiger partial charge is 0.317 e. The number of amides is 2. The molecule has 0 heterocycles. The zero-order valence-corrected chi connectivity index (χ0v) is 22.7. The normalized spacial score (nSPS) is 13.9. The van der Waals surface area contributed by atoms with E-state index in [1.165, 1.54) is 0 Å². The van der Waals surface area contributed by atoms with Crippen LogP contribution in [0.25, 0.3) is 0 Å². The number of benzene rings is 1. The molecule has 0 aromatic heterocycles. The first-order valence-electron chi connectivity index (χ1n) is 12.9. The van der Waals surface area contributed by atoms with Gasteiger partial charge in [0, 0.05) is 46.3 Å². The molecule has 0 saturated carbocycles. The molecule has 0 aliphatic rings. The topological polar surface area (TPSA) is 106 Å². The molecule has 0 radical (unpaired) electrons. The molecule has 0 spiro atoms. The van der Waals surface area contributed by atoms with Gasteiger partial charge >= 0.3 is 6.03 Å². The molecule has 1 aromatic rings. The lowest BCUT2D eigenvalue weighted by Crippen LogP contribution is -2.47. The average Bonchev–Trinajstić information content (AvgIpc) is 2.84. The van der Waals surface area contributed by atoms with Gasteiger partial charge in [-0.15, -0.1) is 0 Å². The van der Waals surface area contributed by atoms with Crippen LogP contribution in [0.15, 0.2) is 18.2 Å². The summed E-state index contributed by atoms with van der Waals surface area (Å²) in [7, 11) is 5.09. The molecule has 0 saturated heterocycles. The number of hydrogen-bond donors (Lipinski definition) is 3. The number of rotatable bonds is 18. The zero-order valence-electron chi connectivity index (χ0n) is 22.7. The van der Waals surface area contributed by atoms with E-state index in [1.807, 2.05) is 18.2 Å². The SMILES string of the molecule is CCCCCN(C)C(=O)NC[C@H](O)[C@@H](N)C[C@H](Cc1ccc(OC)c(OCCCOC)c1)C(C)C. The van der Waals surface area contributed by atoms with Crippen LogP contribution in [0.2, 0.25) is 0 Å². The van der Waals surface area contributed by atoms with E-state index < -0.39 is 12.1 Å². The van der Waals surface area contributed by atoms with Gasteiger partial charge in [0.05, 0.1) is 19.8 Å². The molecule has 0 bridgehead atoms. The number of methoxy groups -OCH3 is 2. The van der Waals surface area contributed by atoms with Gasteiger partial charge in [0.1, 0.15) is 0 Å². The molecule has 0 fully saturated rings. The summed E-state index contributed by atoms with van der Waals surface area (Å²) in [4.78, 5) is 13.9. The quantitative estimate of drug-likeness (QED) is 0.267. The molecule has 1 rings (SSSR count). The monoisotopic (exact) mass is 495 g/mol. The van der Waals surface area contributed by atoms with E-state index in [-0.39, 0.29) is 18.5 Å². The van der Waals surface area contributed by atoms with Gasteiger partial charge in [0.15, 0.2) is 11.5 Å². The second-order valence-electron chi connectivity index (χ2n) is 9.67. The van der Waals surface area contributed by atoms with Crippen LogP contribution in [0, 0.1) is 11.8 Å². The zero-order chi connectivity index (χ0) is 26.2. The van der Waals surface area contributed by atoms with Crippen molar-refractivity contribution in [1.29, 1.82) is 0 Å².